The second-order valence-corrected chi connectivity index (χ2v) is 12.5. The molecule has 7 rings (SSSR count). The van der Waals surface area contributed by atoms with Crippen LogP contribution in [0.15, 0.2) is 30.6 Å². The van der Waals surface area contributed by atoms with Gasteiger partial charge in [0.05, 0.1) is 43.9 Å². The Morgan fingerprint density at radius 2 is 1.91 bits per heavy atom. The quantitative estimate of drug-likeness (QED) is 0.356. The highest BCUT2D eigenvalue weighted by Gasteiger charge is 2.42. The standard InChI is InChI=1S/C31H35F3N6O3/c1-39-16-36-38-29(39)28(21-14-43-15-21)20-9-25(18-5-6-18)37-27(10-20)40-12-23-22(30(40)42)7-19(8-24(23)31(32,33)34)26(13-41)35-11-17-3-2-4-17/h7-10,16-18,21,26,28,35,41H,2-6,11-15H2,1H3/t26-,28+/m1/s1. The van der Waals surface area contributed by atoms with E-state index in [4.69, 9.17) is 9.72 Å². The molecule has 0 unspecified atom stereocenters. The average molecular weight is 597 g/mol. The molecule has 4 heterocycles. The number of hydrogen-bond donors (Lipinski definition) is 2. The summed E-state index contributed by atoms with van der Waals surface area (Å²) in [6, 6.07) is 5.77. The van der Waals surface area contributed by atoms with Gasteiger partial charge >= 0.3 is 6.18 Å². The minimum absolute atomic E-state index is 0.00568. The summed E-state index contributed by atoms with van der Waals surface area (Å²) in [5, 5.41) is 21.8. The Balaban J connectivity index is 1.26. The van der Waals surface area contributed by atoms with Crippen LogP contribution in [-0.4, -0.2) is 57.1 Å². The molecule has 1 aromatic carbocycles. The number of benzene rings is 1. The number of anilines is 1. The first-order chi connectivity index (χ1) is 20.7. The van der Waals surface area contributed by atoms with E-state index in [-0.39, 0.29) is 47.6 Å². The summed E-state index contributed by atoms with van der Waals surface area (Å²) in [7, 11) is 1.88. The number of amides is 1. The zero-order valence-corrected chi connectivity index (χ0v) is 24.0. The number of halogens is 3. The minimum Gasteiger partial charge on any atom is -0.394 e. The van der Waals surface area contributed by atoms with E-state index in [1.165, 1.54) is 11.0 Å². The fourth-order valence-electron chi connectivity index (χ4n) is 6.48. The van der Waals surface area contributed by atoms with Crippen LogP contribution in [0.4, 0.5) is 19.0 Å². The first-order valence-corrected chi connectivity index (χ1v) is 15.0. The molecule has 12 heteroatoms. The molecule has 1 saturated heterocycles. The molecular weight excluding hydrogens is 561 g/mol. The van der Waals surface area contributed by atoms with Crippen LogP contribution in [-0.2, 0) is 24.5 Å². The molecule has 2 N–H and O–H groups in total. The predicted octanol–water partition coefficient (Wildman–Crippen LogP) is 4.47. The second kappa shape index (κ2) is 11.0. The number of aryl methyl sites for hydroxylation is 1. The lowest BCUT2D eigenvalue weighted by atomic mass is 9.83. The number of ether oxygens (including phenoxy) is 1. The third kappa shape index (κ3) is 5.33. The number of fused-ring (bicyclic) bond motifs is 1. The number of pyridine rings is 1. The van der Waals surface area contributed by atoms with Gasteiger partial charge in [0.1, 0.15) is 18.0 Å². The predicted molar refractivity (Wildman–Crippen MR) is 150 cm³/mol. The Labute approximate surface area is 247 Å². The summed E-state index contributed by atoms with van der Waals surface area (Å²) < 4.78 is 50.7. The molecule has 1 amide bonds. The number of aliphatic hydroxyl groups excluding tert-OH is 1. The highest BCUT2D eigenvalue weighted by atomic mass is 19.4. The van der Waals surface area contributed by atoms with Crippen molar-refractivity contribution < 1.29 is 27.8 Å². The van der Waals surface area contributed by atoms with Gasteiger partial charge < -0.3 is 19.7 Å². The van der Waals surface area contributed by atoms with Crippen molar-refractivity contribution in [2.45, 2.75) is 62.7 Å². The molecule has 43 heavy (non-hydrogen) atoms. The van der Waals surface area contributed by atoms with Crippen molar-refractivity contribution in [1.82, 2.24) is 25.1 Å². The van der Waals surface area contributed by atoms with E-state index < -0.39 is 23.7 Å². The lowest BCUT2D eigenvalue weighted by Crippen LogP contribution is -2.35. The first-order valence-electron chi connectivity index (χ1n) is 15.0. The highest BCUT2D eigenvalue weighted by molar-refractivity contribution is 6.10. The Bertz CT molecular complexity index is 1530. The summed E-state index contributed by atoms with van der Waals surface area (Å²) >= 11 is 0. The third-order valence-electron chi connectivity index (χ3n) is 9.48. The maximum atomic E-state index is 14.4. The zero-order chi connectivity index (χ0) is 29.9. The van der Waals surface area contributed by atoms with Gasteiger partial charge in [-0.05, 0) is 79.1 Å². The van der Waals surface area contributed by atoms with Crippen LogP contribution < -0.4 is 10.2 Å². The number of carbonyl (C=O) groups excluding carboxylic acids is 1. The van der Waals surface area contributed by atoms with Gasteiger partial charge in [0, 0.05) is 30.1 Å². The molecule has 4 aliphatic rings. The van der Waals surface area contributed by atoms with E-state index >= 15 is 0 Å². The van der Waals surface area contributed by atoms with Crippen LogP contribution in [0.1, 0.15) is 94.1 Å². The maximum Gasteiger partial charge on any atom is 0.416 e. The monoisotopic (exact) mass is 596 g/mol. The van der Waals surface area contributed by atoms with Crippen molar-refractivity contribution in [3.05, 3.63) is 69.9 Å². The Kier molecular flexibility index (Phi) is 7.26. The van der Waals surface area contributed by atoms with E-state index in [1.54, 1.807) is 6.33 Å². The Hall–Kier alpha value is -3.35. The minimum atomic E-state index is -4.67. The normalized spacial score (nSPS) is 20.6. The number of aliphatic hydroxyl groups is 1. The Morgan fingerprint density at radius 3 is 2.49 bits per heavy atom. The van der Waals surface area contributed by atoms with E-state index in [1.807, 2.05) is 23.7 Å². The van der Waals surface area contributed by atoms with Gasteiger partial charge in [0.15, 0.2) is 0 Å². The van der Waals surface area contributed by atoms with Gasteiger partial charge in [0.2, 0.25) is 0 Å². The fraction of sp³-hybridized carbons (Fsp3) is 0.548. The first kappa shape index (κ1) is 28.4. The van der Waals surface area contributed by atoms with E-state index in [2.05, 4.69) is 15.5 Å². The summed E-state index contributed by atoms with van der Waals surface area (Å²) in [5.74, 6) is 1.27. The van der Waals surface area contributed by atoms with Crippen molar-refractivity contribution >= 4 is 11.7 Å². The number of hydrogen-bond acceptors (Lipinski definition) is 7. The third-order valence-corrected chi connectivity index (χ3v) is 9.48. The maximum absolute atomic E-state index is 14.4. The number of aromatic nitrogens is 4. The molecule has 9 nitrogen and oxygen atoms in total. The molecule has 0 bridgehead atoms. The molecule has 3 fully saturated rings. The van der Waals surface area contributed by atoms with E-state index in [0.717, 1.165) is 55.3 Å². The van der Waals surface area contributed by atoms with Gasteiger partial charge in [0.25, 0.3) is 5.91 Å². The van der Waals surface area contributed by atoms with Gasteiger partial charge in [-0.15, -0.1) is 10.2 Å². The molecule has 2 aliphatic carbocycles. The number of carbonyl (C=O) groups is 1. The zero-order valence-electron chi connectivity index (χ0n) is 24.0. The van der Waals surface area contributed by atoms with Crippen molar-refractivity contribution in [2.24, 2.45) is 18.9 Å². The van der Waals surface area contributed by atoms with Crippen molar-refractivity contribution in [1.29, 1.82) is 0 Å². The highest BCUT2D eigenvalue weighted by Crippen LogP contribution is 2.45. The molecule has 3 aromatic rings. The summed E-state index contributed by atoms with van der Waals surface area (Å²) in [6.07, 6.45) is 2.20. The smallest absolute Gasteiger partial charge is 0.394 e. The van der Waals surface area contributed by atoms with Crippen molar-refractivity contribution in [2.75, 3.05) is 31.3 Å². The van der Waals surface area contributed by atoms with Crippen molar-refractivity contribution in [3.8, 4) is 0 Å². The number of rotatable bonds is 10. The summed E-state index contributed by atoms with van der Waals surface area (Å²) in [5.41, 5.74) is 1.09. The van der Waals surface area contributed by atoms with E-state index in [0.29, 0.717) is 31.5 Å². The van der Waals surface area contributed by atoms with Gasteiger partial charge in [-0.25, -0.2) is 4.98 Å². The van der Waals surface area contributed by atoms with Gasteiger partial charge in [-0.2, -0.15) is 13.2 Å². The van der Waals surface area contributed by atoms with Crippen LogP contribution in [0.5, 0.6) is 0 Å². The molecule has 2 atom stereocenters. The van der Waals surface area contributed by atoms with Crippen molar-refractivity contribution in [3.63, 3.8) is 0 Å². The fourth-order valence-corrected chi connectivity index (χ4v) is 6.48. The summed E-state index contributed by atoms with van der Waals surface area (Å²) in [4.78, 5) is 20.1. The SMILES string of the molecule is Cn1cnnc1[C@@H](c1cc(C2CC2)nc(N2Cc3c(cc([C@@H](CO)NCC4CCC4)cc3C(F)(F)F)C2=O)c1)C1COC1. The summed E-state index contributed by atoms with van der Waals surface area (Å²) in [6.45, 7) is 1.12. The van der Waals surface area contributed by atoms with Crippen LogP contribution in [0.2, 0.25) is 0 Å². The number of alkyl halides is 3. The largest absolute Gasteiger partial charge is 0.416 e. The lowest BCUT2D eigenvalue weighted by Gasteiger charge is -2.34. The number of nitrogens with zero attached hydrogens (tertiary/aromatic N) is 5. The molecule has 0 spiro atoms. The molecule has 2 aliphatic heterocycles. The molecular formula is C31H35F3N6O3. The van der Waals surface area contributed by atoms with Crippen LogP contribution in [0, 0.1) is 11.8 Å². The van der Waals surface area contributed by atoms with Crippen LogP contribution in [0.3, 0.4) is 0 Å². The van der Waals surface area contributed by atoms with Gasteiger partial charge in [-0.3, -0.25) is 9.69 Å². The van der Waals surface area contributed by atoms with Gasteiger partial charge in [-0.1, -0.05) is 6.42 Å². The van der Waals surface area contributed by atoms with E-state index in [9.17, 15) is 23.1 Å². The molecule has 2 saturated carbocycles. The van der Waals surface area contributed by atoms with Crippen LogP contribution in [0.25, 0.3) is 0 Å². The molecule has 0 radical (unpaired) electrons. The average Bonchev–Trinajstić information content (AvgIpc) is 3.62. The number of nitrogens with one attached hydrogen (secondary N) is 1. The lowest BCUT2D eigenvalue weighted by molar-refractivity contribution is -0.138. The van der Waals surface area contributed by atoms with Crippen LogP contribution >= 0.6 is 0 Å². The topological polar surface area (TPSA) is 105 Å². The Morgan fingerprint density at radius 1 is 1.12 bits per heavy atom. The molecule has 2 aromatic heterocycles. The molecule has 228 valence electrons. The second-order valence-electron chi connectivity index (χ2n) is 12.5.